The Kier molecular flexibility index (Phi) is 5.33. The maximum atomic E-state index is 11.3. The van der Waals surface area contributed by atoms with Crippen molar-refractivity contribution in [2.45, 2.75) is 32.1 Å². The van der Waals surface area contributed by atoms with Gasteiger partial charge in [0.25, 0.3) is 0 Å². The van der Waals surface area contributed by atoms with E-state index in [9.17, 15) is 9.90 Å². The Bertz CT molecular complexity index is 1010. The number of benzene rings is 2. The second-order valence-corrected chi connectivity index (χ2v) is 12.3. The lowest BCUT2D eigenvalue weighted by atomic mass is 10.1. The van der Waals surface area contributed by atoms with E-state index in [4.69, 9.17) is 0 Å². The van der Waals surface area contributed by atoms with Crippen molar-refractivity contribution in [1.29, 1.82) is 0 Å². The molecule has 1 heterocycles. The van der Waals surface area contributed by atoms with Crippen LogP contribution >= 0.6 is 0 Å². The summed E-state index contributed by atoms with van der Waals surface area (Å²) in [5, 5.41) is 11.8. The quantitative estimate of drug-likeness (QED) is 0.467. The first-order chi connectivity index (χ1) is 12.8. The fraction of sp³-hybridized carbons (Fsp3) is 0.238. The maximum Gasteiger partial charge on any atom is 0.405 e. The summed E-state index contributed by atoms with van der Waals surface area (Å²) in [7, 11) is -1.44. The van der Waals surface area contributed by atoms with Gasteiger partial charge in [0.1, 0.15) is 13.9 Å². The van der Waals surface area contributed by atoms with Crippen LogP contribution in [0.25, 0.3) is 11.0 Å². The molecule has 0 unspecified atom stereocenters. The van der Waals surface area contributed by atoms with Crippen LogP contribution in [0.3, 0.4) is 0 Å². The number of H-pyrrole nitrogens is 1. The summed E-state index contributed by atoms with van der Waals surface area (Å²) >= 11 is 0. The van der Waals surface area contributed by atoms with Crippen molar-refractivity contribution < 1.29 is 9.90 Å². The average Bonchev–Trinajstić information content (AvgIpc) is 3.02. The van der Waals surface area contributed by atoms with Gasteiger partial charge in [-0.2, -0.15) is 0 Å². The Labute approximate surface area is 159 Å². The van der Waals surface area contributed by atoms with Gasteiger partial charge in [0.2, 0.25) is 0 Å². The van der Waals surface area contributed by atoms with E-state index in [0.29, 0.717) is 12.2 Å². The molecule has 1 atom stereocenters. The lowest BCUT2D eigenvalue weighted by molar-refractivity contribution is 0.189. The highest BCUT2D eigenvalue weighted by molar-refractivity contribution is 6.83. The molecule has 27 heavy (non-hydrogen) atoms. The number of aromatic amines is 1. The van der Waals surface area contributed by atoms with Crippen LogP contribution in [-0.2, 0) is 6.42 Å². The molecule has 3 aromatic rings. The average molecular weight is 378 g/mol. The number of carboxylic acid groups (broad SMARTS) is 1. The van der Waals surface area contributed by atoms with E-state index in [-0.39, 0.29) is 0 Å². The van der Waals surface area contributed by atoms with Gasteiger partial charge in [-0.3, -0.25) is 0 Å². The number of nitrogens with one attached hydrogen (secondary N) is 2. The smallest absolute Gasteiger partial charge is 0.405 e. The van der Waals surface area contributed by atoms with Crippen molar-refractivity contribution in [3.05, 3.63) is 65.5 Å². The molecule has 3 rings (SSSR count). The van der Waals surface area contributed by atoms with Crippen molar-refractivity contribution in [3.8, 4) is 11.5 Å². The second kappa shape index (κ2) is 7.68. The van der Waals surface area contributed by atoms with Crippen LogP contribution in [-0.4, -0.2) is 29.2 Å². The van der Waals surface area contributed by atoms with E-state index in [0.717, 1.165) is 22.2 Å². The summed E-state index contributed by atoms with van der Waals surface area (Å²) in [5.41, 5.74) is 6.99. The molecule has 0 spiro atoms. The minimum atomic E-state index is -1.44. The lowest BCUT2D eigenvalue weighted by Crippen LogP contribution is -2.29. The van der Waals surface area contributed by atoms with E-state index >= 15 is 0 Å². The zero-order valence-corrected chi connectivity index (χ0v) is 16.7. The third-order valence-corrected chi connectivity index (χ3v) is 4.87. The first kappa shape index (κ1) is 18.7. The Morgan fingerprint density at radius 3 is 2.63 bits per heavy atom. The van der Waals surface area contributed by atoms with Crippen molar-refractivity contribution in [1.82, 2.24) is 15.3 Å². The van der Waals surface area contributed by atoms with Gasteiger partial charge in [-0.05, 0) is 23.8 Å². The molecule has 3 N–H and O–H groups in total. The summed E-state index contributed by atoms with van der Waals surface area (Å²) in [6.45, 7) is 6.62. The van der Waals surface area contributed by atoms with Gasteiger partial charge in [-0.15, -0.1) is 5.54 Å². The molecular formula is C21H23N3O2Si. The largest absolute Gasteiger partial charge is 0.465 e. The van der Waals surface area contributed by atoms with Crippen molar-refractivity contribution >= 4 is 25.2 Å². The highest BCUT2D eigenvalue weighted by atomic mass is 28.3. The molecule has 0 aliphatic rings. The van der Waals surface area contributed by atoms with Crippen LogP contribution in [0.5, 0.6) is 0 Å². The molecular weight excluding hydrogens is 354 g/mol. The predicted molar refractivity (Wildman–Crippen MR) is 110 cm³/mol. The monoisotopic (exact) mass is 377 g/mol. The third-order valence-electron chi connectivity index (χ3n) is 3.99. The molecule has 0 saturated carbocycles. The minimum absolute atomic E-state index is 0.450. The van der Waals surface area contributed by atoms with Crippen molar-refractivity contribution in [3.63, 3.8) is 0 Å². The molecule has 0 radical (unpaired) electrons. The summed E-state index contributed by atoms with van der Waals surface area (Å²) in [6, 6.07) is 15.2. The Balaban J connectivity index is 1.92. The van der Waals surface area contributed by atoms with Crippen molar-refractivity contribution in [2.75, 3.05) is 0 Å². The molecule has 6 heteroatoms. The molecule has 0 fully saturated rings. The van der Waals surface area contributed by atoms with E-state index in [2.05, 4.69) is 46.4 Å². The van der Waals surface area contributed by atoms with Crippen LogP contribution < -0.4 is 5.32 Å². The van der Waals surface area contributed by atoms with Gasteiger partial charge in [0.05, 0.1) is 17.1 Å². The Morgan fingerprint density at radius 2 is 1.96 bits per heavy atom. The predicted octanol–water partition coefficient (Wildman–Crippen LogP) is 4.34. The molecule has 1 amide bonds. The van der Waals surface area contributed by atoms with Crippen molar-refractivity contribution in [2.24, 2.45) is 0 Å². The van der Waals surface area contributed by atoms with E-state index < -0.39 is 20.2 Å². The van der Waals surface area contributed by atoms with Crippen LogP contribution in [0.1, 0.15) is 23.0 Å². The van der Waals surface area contributed by atoms with E-state index in [1.807, 2.05) is 48.5 Å². The normalized spacial score (nSPS) is 12.3. The zero-order chi connectivity index (χ0) is 19.4. The minimum Gasteiger partial charge on any atom is -0.465 e. The number of fused-ring (bicyclic) bond motifs is 1. The molecule has 1 aromatic heterocycles. The summed E-state index contributed by atoms with van der Waals surface area (Å²) in [6.07, 6.45) is -0.548. The summed E-state index contributed by atoms with van der Waals surface area (Å²) in [4.78, 5) is 19.1. The lowest BCUT2D eigenvalue weighted by Gasteiger charge is -2.14. The maximum absolute atomic E-state index is 11.3. The van der Waals surface area contributed by atoms with Gasteiger partial charge in [0, 0.05) is 12.0 Å². The Morgan fingerprint density at radius 1 is 1.22 bits per heavy atom. The first-order valence-corrected chi connectivity index (χ1v) is 12.4. The Hall–Kier alpha value is -3.04. The fourth-order valence-electron chi connectivity index (χ4n) is 2.75. The standard InChI is InChI=1S/C21H23N3O2Si/c1-27(2,3)12-11-16-9-10-17-18(13-16)23-20(22-17)19(24-21(25)26)14-15-7-5-4-6-8-15/h4-10,13,19,24H,14H2,1-3H3,(H,22,23)(H,25,26)/t19-/m0/s1. The van der Waals surface area contributed by atoms with E-state index in [1.54, 1.807) is 0 Å². The van der Waals surface area contributed by atoms with Crippen LogP contribution in [0.15, 0.2) is 48.5 Å². The van der Waals surface area contributed by atoms with Gasteiger partial charge >= 0.3 is 6.09 Å². The number of carbonyl (C=O) groups is 1. The van der Waals surface area contributed by atoms with Gasteiger partial charge in [0.15, 0.2) is 0 Å². The number of amides is 1. The number of imidazole rings is 1. The summed E-state index contributed by atoms with van der Waals surface area (Å²) in [5.74, 6) is 3.84. The molecule has 0 bridgehead atoms. The molecule has 2 aromatic carbocycles. The van der Waals surface area contributed by atoms with Gasteiger partial charge < -0.3 is 15.4 Å². The van der Waals surface area contributed by atoms with Crippen LogP contribution in [0, 0.1) is 11.5 Å². The van der Waals surface area contributed by atoms with E-state index in [1.165, 1.54) is 0 Å². The number of rotatable bonds is 4. The molecule has 0 aliphatic carbocycles. The number of hydrogen-bond acceptors (Lipinski definition) is 2. The molecule has 138 valence electrons. The summed E-state index contributed by atoms with van der Waals surface area (Å²) < 4.78 is 0. The van der Waals surface area contributed by atoms with Crippen LogP contribution in [0.2, 0.25) is 19.6 Å². The first-order valence-electron chi connectivity index (χ1n) is 8.86. The SMILES string of the molecule is C[Si](C)(C)C#Cc1ccc2nc([C@H](Cc3ccccc3)NC(=O)O)[nH]c2c1. The molecule has 0 aliphatic heterocycles. The third kappa shape index (κ3) is 5.22. The highest BCUT2D eigenvalue weighted by Crippen LogP contribution is 2.21. The number of nitrogens with zero attached hydrogens (tertiary/aromatic N) is 1. The van der Waals surface area contributed by atoms with Crippen LogP contribution in [0.4, 0.5) is 4.79 Å². The molecule has 5 nitrogen and oxygen atoms in total. The topological polar surface area (TPSA) is 78.0 Å². The number of hydrogen-bond donors (Lipinski definition) is 3. The zero-order valence-electron chi connectivity index (χ0n) is 15.7. The highest BCUT2D eigenvalue weighted by Gasteiger charge is 2.19. The van der Waals surface area contributed by atoms with Gasteiger partial charge in [-0.1, -0.05) is 55.9 Å². The van der Waals surface area contributed by atoms with Gasteiger partial charge in [-0.25, -0.2) is 9.78 Å². The number of aromatic nitrogens is 2. The molecule has 0 saturated heterocycles. The second-order valence-electron chi connectivity index (χ2n) is 7.55. The fourth-order valence-corrected chi connectivity index (χ4v) is 3.27.